The summed E-state index contributed by atoms with van der Waals surface area (Å²) in [4.78, 5) is 0. The SMILES string of the molecule is Ic1ccc2c(c1)C1(CCCCC1)CN2. The van der Waals surface area contributed by atoms with Crippen molar-refractivity contribution in [3.8, 4) is 0 Å². The van der Waals surface area contributed by atoms with Crippen molar-refractivity contribution in [1.29, 1.82) is 0 Å². The summed E-state index contributed by atoms with van der Waals surface area (Å²) < 4.78 is 1.37. The molecule has 1 N–H and O–H groups in total. The van der Waals surface area contributed by atoms with Crippen LogP contribution in [0.5, 0.6) is 0 Å². The Morgan fingerprint density at radius 3 is 2.73 bits per heavy atom. The molecule has 1 spiro atoms. The lowest BCUT2D eigenvalue weighted by molar-refractivity contribution is 0.319. The molecule has 15 heavy (non-hydrogen) atoms. The van der Waals surface area contributed by atoms with Crippen LogP contribution in [0.2, 0.25) is 0 Å². The van der Waals surface area contributed by atoms with Crippen molar-refractivity contribution in [2.24, 2.45) is 0 Å². The predicted molar refractivity (Wildman–Crippen MR) is 72.4 cm³/mol. The zero-order chi connectivity index (χ0) is 10.3. The lowest BCUT2D eigenvalue weighted by atomic mass is 9.71. The van der Waals surface area contributed by atoms with Crippen LogP contribution in [0.4, 0.5) is 5.69 Å². The van der Waals surface area contributed by atoms with E-state index in [4.69, 9.17) is 0 Å². The number of rotatable bonds is 0. The largest absolute Gasteiger partial charge is 0.384 e. The highest BCUT2D eigenvalue weighted by atomic mass is 127. The molecule has 1 nitrogen and oxygen atoms in total. The molecule has 1 fully saturated rings. The number of anilines is 1. The standard InChI is InChI=1S/C13H16IN/c14-10-4-5-12-11(8-10)13(9-15-12)6-2-1-3-7-13/h4-5,8,15H,1-3,6-7,9H2. The summed E-state index contributed by atoms with van der Waals surface area (Å²) in [6.07, 6.45) is 7.01. The summed E-state index contributed by atoms with van der Waals surface area (Å²) in [5.41, 5.74) is 3.46. The molecule has 80 valence electrons. The molecular weight excluding hydrogens is 297 g/mol. The van der Waals surface area contributed by atoms with E-state index in [0.29, 0.717) is 5.41 Å². The van der Waals surface area contributed by atoms with Crippen LogP contribution in [0, 0.1) is 3.57 Å². The van der Waals surface area contributed by atoms with Crippen LogP contribution < -0.4 is 5.32 Å². The van der Waals surface area contributed by atoms with Gasteiger partial charge in [-0.05, 0) is 59.2 Å². The molecule has 2 heteroatoms. The van der Waals surface area contributed by atoms with Crippen molar-refractivity contribution in [1.82, 2.24) is 0 Å². The van der Waals surface area contributed by atoms with Crippen molar-refractivity contribution >= 4 is 28.3 Å². The molecule has 1 aromatic rings. The Kier molecular flexibility index (Phi) is 2.42. The van der Waals surface area contributed by atoms with E-state index in [-0.39, 0.29) is 0 Å². The van der Waals surface area contributed by atoms with E-state index in [9.17, 15) is 0 Å². The number of fused-ring (bicyclic) bond motifs is 2. The molecule has 2 aliphatic rings. The average Bonchev–Trinajstić information content (AvgIpc) is 2.59. The van der Waals surface area contributed by atoms with Gasteiger partial charge in [-0.3, -0.25) is 0 Å². The minimum Gasteiger partial charge on any atom is -0.384 e. The Morgan fingerprint density at radius 1 is 1.13 bits per heavy atom. The molecule has 1 aliphatic heterocycles. The Bertz CT molecular complexity index is 375. The van der Waals surface area contributed by atoms with Crippen molar-refractivity contribution in [3.05, 3.63) is 27.3 Å². The number of halogens is 1. The van der Waals surface area contributed by atoms with Crippen LogP contribution in [0.25, 0.3) is 0 Å². The summed E-state index contributed by atoms with van der Waals surface area (Å²) in [7, 11) is 0. The Labute approximate surface area is 105 Å². The fraction of sp³-hybridized carbons (Fsp3) is 0.538. The summed E-state index contributed by atoms with van der Waals surface area (Å²) in [6, 6.07) is 6.84. The maximum absolute atomic E-state index is 3.58. The van der Waals surface area contributed by atoms with Crippen LogP contribution in [0.1, 0.15) is 37.7 Å². The normalized spacial score (nSPS) is 22.5. The molecule has 0 saturated heterocycles. The second-order valence-corrected chi connectivity index (χ2v) is 6.13. The number of nitrogens with one attached hydrogen (secondary N) is 1. The molecule has 0 aromatic heterocycles. The first-order valence-corrected chi connectivity index (χ1v) is 6.92. The van der Waals surface area contributed by atoms with E-state index in [1.54, 1.807) is 5.56 Å². The molecule has 3 rings (SSSR count). The maximum atomic E-state index is 3.58. The minimum atomic E-state index is 0.481. The fourth-order valence-corrected chi connectivity index (χ4v) is 3.63. The Balaban J connectivity index is 2.05. The van der Waals surface area contributed by atoms with E-state index in [1.165, 1.54) is 47.9 Å². The second-order valence-electron chi connectivity index (χ2n) is 4.88. The number of hydrogen-bond donors (Lipinski definition) is 1. The van der Waals surface area contributed by atoms with Gasteiger partial charge in [-0.15, -0.1) is 0 Å². The van der Waals surface area contributed by atoms with Crippen molar-refractivity contribution in [2.45, 2.75) is 37.5 Å². The molecule has 1 heterocycles. The number of hydrogen-bond acceptors (Lipinski definition) is 1. The van der Waals surface area contributed by atoms with Gasteiger partial charge in [0.2, 0.25) is 0 Å². The van der Waals surface area contributed by atoms with E-state index < -0.39 is 0 Å². The molecule has 0 radical (unpaired) electrons. The third-order valence-corrected chi connectivity index (χ3v) is 4.65. The minimum absolute atomic E-state index is 0.481. The zero-order valence-electron chi connectivity index (χ0n) is 8.85. The highest BCUT2D eigenvalue weighted by molar-refractivity contribution is 14.1. The van der Waals surface area contributed by atoms with Gasteiger partial charge in [0.1, 0.15) is 0 Å². The Hall–Kier alpha value is -0.250. The van der Waals surface area contributed by atoms with Gasteiger partial charge < -0.3 is 5.32 Å². The van der Waals surface area contributed by atoms with Crippen molar-refractivity contribution in [3.63, 3.8) is 0 Å². The highest BCUT2D eigenvalue weighted by Crippen LogP contribution is 2.46. The lowest BCUT2D eigenvalue weighted by Gasteiger charge is -2.33. The van der Waals surface area contributed by atoms with Gasteiger partial charge in [0.15, 0.2) is 0 Å². The van der Waals surface area contributed by atoms with E-state index in [1.807, 2.05) is 0 Å². The first kappa shape index (κ1) is 9.94. The van der Waals surface area contributed by atoms with Gasteiger partial charge in [0, 0.05) is 21.2 Å². The molecule has 1 saturated carbocycles. The molecule has 0 atom stereocenters. The lowest BCUT2D eigenvalue weighted by Crippen LogP contribution is -2.30. The maximum Gasteiger partial charge on any atom is 0.0380 e. The third-order valence-electron chi connectivity index (χ3n) is 3.98. The summed E-state index contributed by atoms with van der Waals surface area (Å²) >= 11 is 2.42. The zero-order valence-corrected chi connectivity index (χ0v) is 11.0. The van der Waals surface area contributed by atoms with Crippen molar-refractivity contribution in [2.75, 3.05) is 11.9 Å². The summed E-state index contributed by atoms with van der Waals surface area (Å²) in [5.74, 6) is 0. The third kappa shape index (κ3) is 1.57. The highest BCUT2D eigenvalue weighted by Gasteiger charge is 2.39. The van der Waals surface area contributed by atoms with E-state index in [0.717, 1.165) is 0 Å². The van der Waals surface area contributed by atoms with Crippen LogP contribution in [0.3, 0.4) is 0 Å². The quantitative estimate of drug-likeness (QED) is 0.716. The molecular formula is C13H16IN. The number of benzene rings is 1. The Morgan fingerprint density at radius 2 is 1.93 bits per heavy atom. The molecule has 1 aromatic carbocycles. The van der Waals surface area contributed by atoms with Gasteiger partial charge in [0.05, 0.1) is 0 Å². The fourth-order valence-electron chi connectivity index (χ4n) is 3.14. The van der Waals surface area contributed by atoms with Crippen LogP contribution >= 0.6 is 22.6 Å². The topological polar surface area (TPSA) is 12.0 Å². The summed E-state index contributed by atoms with van der Waals surface area (Å²) in [6.45, 7) is 1.17. The van der Waals surface area contributed by atoms with Crippen LogP contribution in [-0.2, 0) is 5.41 Å². The molecule has 0 amide bonds. The molecule has 0 unspecified atom stereocenters. The van der Waals surface area contributed by atoms with Crippen molar-refractivity contribution < 1.29 is 0 Å². The van der Waals surface area contributed by atoms with Gasteiger partial charge >= 0.3 is 0 Å². The van der Waals surface area contributed by atoms with Gasteiger partial charge in [0.25, 0.3) is 0 Å². The van der Waals surface area contributed by atoms with E-state index in [2.05, 4.69) is 46.1 Å². The van der Waals surface area contributed by atoms with Gasteiger partial charge in [-0.1, -0.05) is 19.3 Å². The van der Waals surface area contributed by atoms with Crippen LogP contribution in [-0.4, -0.2) is 6.54 Å². The van der Waals surface area contributed by atoms with Crippen LogP contribution in [0.15, 0.2) is 18.2 Å². The first-order valence-electron chi connectivity index (χ1n) is 5.84. The first-order chi connectivity index (χ1) is 7.30. The second kappa shape index (κ2) is 3.65. The van der Waals surface area contributed by atoms with E-state index >= 15 is 0 Å². The van der Waals surface area contributed by atoms with Gasteiger partial charge in [-0.2, -0.15) is 0 Å². The monoisotopic (exact) mass is 313 g/mol. The predicted octanol–water partition coefficient (Wildman–Crippen LogP) is 3.92. The molecule has 1 aliphatic carbocycles. The van der Waals surface area contributed by atoms with Gasteiger partial charge in [-0.25, -0.2) is 0 Å². The smallest absolute Gasteiger partial charge is 0.0380 e. The summed E-state index contributed by atoms with van der Waals surface area (Å²) in [5, 5.41) is 3.58. The molecule has 0 bridgehead atoms. The average molecular weight is 313 g/mol.